The lowest BCUT2D eigenvalue weighted by atomic mass is 9.33. The molecule has 1 aromatic heterocycles. The molecule has 0 saturated heterocycles. The van der Waals surface area contributed by atoms with Crippen LogP contribution in [0.3, 0.4) is 0 Å². The predicted octanol–water partition coefficient (Wildman–Crippen LogP) is 13.6. The fourth-order valence-corrected chi connectivity index (χ4v) is 15.7. The maximum atomic E-state index is 2.96. The van der Waals surface area contributed by atoms with E-state index in [1.54, 1.807) is 11.1 Å². The number of anilines is 4. The standard InChI is InChI=1S/C60H74BN3S/c1-37-29-45-54-46(30-37)61-47-34-40(56(5,6)7)33-43-42-32-39(55(2,3)4)20-22-48(42)62(53(43)47)50-35-41(36-51(52(50)61)64(54)60(11)27-18-16-25-58(45,60)9)63-49-21-19-38(23-28-65(12,13)14)31-44(49)57(8)24-15-17-26-59(57,63)10/h19-22,29-36H,15-18,23-28H2,1-14H3/t57?,58?,59?,60-/m0/s1. The third-order valence-electron chi connectivity index (χ3n) is 18.9. The number of rotatable bonds is 4. The maximum Gasteiger partial charge on any atom is 0.252 e. The van der Waals surface area contributed by atoms with Crippen LogP contribution in [0.5, 0.6) is 0 Å². The number of fused-ring (bicyclic) bond motifs is 13. The molecule has 0 bridgehead atoms. The minimum absolute atomic E-state index is 0.00211. The second-order valence-corrected chi connectivity index (χ2v) is 30.4. The highest BCUT2D eigenvalue weighted by atomic mass is 32.3. The number of hydrogen-bond donors (Lipinski definition) is 0. The molecule has 65 heavy (non-hydrogen) atoms. The summed E-state index contributed by atoms with van der Waals surface area (Å²) in [6, 6.07) is 31.1. The monoisotopic (exact) mass is 880 g/mol. The first-order valence-corrected chi connectivity index (χ1v) is 28.4. The third kappa shape index (κ3) is 5.46. The van der Waals surface area contributed by atoms with Gasteiger partial charge in [-0.3, -0.25) is 0 Å². The van der Waals surface area contributed by atoms with E-state index < -0.39 is 10.0 Å². The normalized spacial score (nSPS) is 26.6. The van der Waals surface area contributed by atoms with E-state index in [0.717, 1.165) is 0 Å². The number of aromatic nitrogens is 1. The molecule has 3 unspecified atom stereocenters. The lowest BCUT2D eigenvalue weighted by Crippen LogP contribution is -2.64. The Morgan fingerprint density at radius 1 is 0.600 bits per heavy atom. The Kier molecular flexibility index (Phi) is 8.53. The first kappa shape index (κ1) is 42.3. The quantitative estimate of drug-likeness (QED) is 0.163. The van der Waals surface area contributed by atoms with Crippen molar-refractivity contribution in [1.29, 1.82) is 0 Å². The lowest BCUT2D eigenvalue weighted by molar-refractivity contribution is 0.194. The highest BCUT2D eigenvalue weighted by Crippen LogP contribution is 2.64. The van der Waals surface area contributed by atoms with Crippen molar-refractivity contribution in [2.24, 2.45) is 0 Å². The molecule has 0 spiro atoms. The lowest BCUT2D eigenvalue weighted by Gasteiger charge is -2.53. The van der Waals surface area contributed by atoms with Crippen LogP contribution < -0.4 is 26.2 Å². The highest BCUT2D eigenvalue weighted by molar-refractivity contribution is 8.32. The van der Waals surface area contributed by atoms with Crippen molar-refractivity contribution in [3.8, 4) is 5.69 Å². The van der Waals surface area contributed by atoms with Gasteiger partial charge in [-0.05, 0) is 169 Å². The summed E-state index contributed by atoms with van der Waals surface area (Å²) in [5, 5.41) is 2.80. The molecule has 338 valence electrons. The van der Waals surface area contributed by atoms with Gasteiger partial charge in [0.25, 0.3) is 6.71 Å². The molecule has 0 radical (unpaired) electrons. The number of nitrogens with zero attached hydrogens (tertiary/aromatic N) is 3. The van der Waals surface area contributed by atoms with Gasteiger partial charge in [0, 0.05) is 55.6 Å². The van der Waals surface area contributed by atoms with E-state index in [4.69, 9.17) is 0 Å². The fourth-order valence-electron chi connectivity index (χ4n) is 14.8. The van der Waals surface area contributed by atoms with Gasteiger partial charge in [0.1, 0.15) is 0 Å². The fraction of sp³-hybridized carbons (Fsp3) is 0.500. The van der Waals surface area contributed by atoms with Crippen molar-refractivity contribution in [2.45, 2.75) is 167 Å². The zero-order chi connectivity index (χ0) is 45.8. The van der Waals surface area contributed by atoms with E-state index in [0.29, 0.717) is 0 Å². The van der Waals surface area contributed by atoms with Crippen LogP contribution in [0.25, 0.3) is 27.5 Å². The average molecular weight is 880 g/mol. The first-order valence-electron chi connectivity index (χ1n) is 25.3. The topological polar surface area (TPSA) is 11.4 Å². The van der Waals surface area contributed by atoms with Crippen LogP contribution in [0.2, 0.25) is 0 Å². The van der Waals surface area contributed by atoms with E-state index >= 15 is 0 Å². The molecule has 5 heterocycles. The molecule has 2 aliphatic carbocycles. The summed E-state index contributed by atoms with van der Waals surface area (Å²) in [4.78, 5) is 5.86. The SMILES string of the molecule is Cc1cc2c3c(c1)C1(C)CCCC[C@]1(C)N3c1cc(N3c4ccc(CCS(C)(C)C)cc4C4(C)CCCCC34C)cc3c1B2c1cc(C(C)(C)C)cc2c4cc(C(C)(C)C)ccc4n-3c12. The van der Waals surface area contributed by atoms with E-state index in [1.165, 1.54) is 152 Å². The van der Waals surface area contributed by atoms with E-state index in [-0.39, 0.29) is 39.5 Å². The summed E-state index contributed by atoms with van der Waals surface area (Å²) in [6.07, 6.45) is 18.6. The summed E-state index contributed by atoms with van der Waals surface area (Å²) >= 11 is 0. The maximum absolute atomic E-state index is 2.96. The van der Waals surface area contributed by atoms with Crippen LogP contribution in [0, 0.1) is 6.92 Å². The van der Waals surface area contributed by atoms with Gasteiger partial charge in [0.2, 0.25) is 0 Å². The second kappa shape index (κ2) is 13.1. The highest BCUT2D eigenvalue weighted by Gasteiger charge is 2.62. The van der Waals surface area contributed by atoms with Crippen molar-refractivity contribution in [2.75, 3.05) is 34.3 Å². The molecule has 6 aliphatic rings. The largest absolute Gasteiger partial charge is 0.335 e. The van der Waals surface area contributed by atoms with Gasteiger partial charge in [0.05, 0.1) is 16.6 Å². The van der Waals surface area contributed by atoms with Gasteiger partial charge in [0.15, 0.2) is 0 Å². The van der Waals surface area contributed by atoms with Crippen LogP contribution in [0.4, 0.5) is 22.7 Å². The molecule has 5 aromatic carbocycles. The molecule has 4 aliphatic heterocycles. The average Bonchev–Trinajstić information content (AvgIpc) is 3.75. The van der Waals surface area contributed by atoms with Crippen LogP contribution in [0.1, 0.15) is 154 Å². The summed E-state index contributed by atoms with van der Waals surface area (Å²) in [7, 11) is -0.587. The van der Waals surface area contributed by atoms with Crippen molar-refractivity contribution in [3.05, 3.63) is 106 Å². The van der Waals surface area contributed by atoms with Gasteiger partial charge in [-0.15, -0.1) is 0 Å². The van der Waals surface area contributed by atoms with Crippen molar-refractivity contribution >= 4 is 77.7 Å². The van der Waals surface area contributed by atoms with Crippen LogP contribution in [-0.4, -0.2) is 46.9 Å². The first-order chi connectivity index (χ1) is 30.5. The Bertz CT molecular complexity index is 3060. The second-order valence-electron chi connectivity index (χ2n) is 25.8. The van der Waals surface area contributed by atoms with Gasteiger partial charge < -0.3 is 14.4 Å². The Morgan fingerprint density at radius 3 is 1.91 bits per heavy atom. The zero-order valence-electron chi connectivity index (χ0n) is 42.3. The van der Waals surface area contributed by atoms with E-state index in [2.05, 4.69) is 182 Å². The van der Waals surface area contributed by atoms with E-state index in [1.807, 2.05) is 0 Å². The number of benzene rings is 5. The Morgan fingerprint density at radius 2 is 1.23 bits per heavy atom. The molecular weight excluding hydrogens is 806 g/mol. The number of hydrogen-bond acceptors (Lipinski definition) is 2. The van der Waals surface area contributed by atoms with Crippen LogP contribution >= 0.6 is 10.0 Å². The summed E-state index contributed by atoms with van der Waals surface area (Å²) in [5.41, 5.74) is 23.5. The minimum Gasteiger partial charge on any atom is -0.335 e. The molecule has 2 saturated carbocycles. The summed E-state index contributed by atoms with van der Waals surface area (Å²) < 4.78 is 2.76. The van der Waals surface area contributed by atoms with Gasteiger partial charge in [-0.1, -0.05) is 123 Å². The Hall–Kier alpha value is -4.09. The van der Waals surface area contributed by atoms with Crippen LogP contribution in [-0.2, 0) is 28.1 Å². The third-order valence-corrected chi connectivity index (χ3v) is 20.4. The molecular formula is C60H74BN3S. The zero-order valence-corrected chi connectivity index (χ0v) is 43.1. The molecule has 0 amide bonds. The molecule has 5 heteroatoms. The molecule has 3 nitrogen and oxygen atoms in total. The van der Waals surface area contributed by atoms with Crippen molar-refractivity contribution < 1.29 is 0 Å². The molecule has 6 aromatic rings. The van der Waals surface area contributed by atoms with Gasteiger partial charge in [-0.2, -0.15) is 0 Å². The summed E-state index contributed by atoms with van der Waals surface area (Å²) in [5.74, 6) is 1.28. The smallest absolute Gasteiger partial charge is 0.252 e. The Labute approximate surface area is 393 Å². The van der Waals surface area contributed by atoms with Crippen LogP contribution in [0.15, 0.2) is 72.8 Å². The predicted molar refractivity (Wildman–Crippen MR) is 287 cm³/mol. The van der Waals surface area contributed by atoms with Gasteiger partial charge >= 0.3 is 0 Å². The molecule has 2 fully saturated rings. The summed E-state index contributed by atoms with van der Waals surface area (Å²) in [6.45, 7) is 27.5. The van der Waals surface area contributed by atoms with Gasteiger partial charge in [-0.25, -0.2) is 10.0 Å². The van der Waals surface area contributed by atoms with Crippen molar-refractivity contribution in [1.82, 2.24) is 4.57 Å². The molecule has 0 N–H and O–H groups in total. The van der Waals surface area contributed by atoms with Crippen molar-refractivity contribution in [3.63, 3.8) is 0 Å². The van der Waals surface area contributed by atoms with E-state index in [9.17, 15) is 0 Å². The Balaban J connectivity index is 1.21. The molecule has 4 atom stereocenters. The number of aryl methyl sites for hydroxylation is 2. The molecule has 12 rings (SSSR count). The minimum atomic E-state index is -0.587.